The molecule has 15 heavy (non-hydrogen) atoms. The molecule has 0 fully saturated rings. The molecule has 0 heterocycles. The smallest absolute Gasteiger partial charge is 0.358 e. The molecule has 90 valence electrons. The molecule has 0 aliphatic rings. The van der Waals surface area contributed by atoms with Crippen molar-refractivity contribution in [2.45, 2.75) is 39.5 Å². The number of unbranched alkanes of at least 4 members (excludes halogenated alkanes) is 2. The van der Waals surface area contributed by atoms with Crippen LogP contribution in [-0.2, 0) is 4.18 Å². The lowest BCUT2D eigenvalue weighted by Gasteiger charge is -2.18. The van der Waals surface area contributed by atoms with E-state index in [9.17, 15) is 4.79 Å². The molecule has 1 N–H and O–H groups in total. The van der Waals surface area contributed by atoms with E-state index in [1.807, 2.05) is 0 Å². The van der Waals surface area contributed by atoms with Gasteiger partial charge in [-0.25, -0.2) is 9.10 Å². The first kappa shape index (κ1) is 14.6. The highest BCUT2D eigenvalue weighted by atomic mass is 32.2. The van der Waals surface area contributed by atoms with Crippen molar-refractivity contribution in [2.75, 3.05) is 20.1 Å². The zero-order valence-corrected chi connectivity index (χ0v) is 10.7. The summed E-state index contributed by atoms with van der Waals surface area (Å²) in [6, 6.07) is 0. The van der Waals surface area contributed by atoms with Gasteiger partial charge >= 0.3 is 6.09 Å². The summed E-state index contributed by atoms with van der Waals surface area (Å²) in [4.78, 5) is 10.9. The number of carbonyl (C=O) groups excluding carboxylic acids is 1. The Morgan fingerprint density at radius 2 is 1.80 bits per heavy atom. The standard InChI is InChI=1S/C10H22N2O2S/c1-4-6-8-12(9-7-5-2)15-14-10(13)11-3/h4-9H2,1-3H3,(H,11,13). The number of hydrogen-bond donors (Lipinski definition) is 1. The van der Waals surface area contributed by atoms with Gasteiger partial charge in [0.2, 0.25) is 0 Å². The highest BCUT2D eigenvalue weighted by molar-refractivity contribution is 7.92. The Balaban J connectivity index is 3.72. The van der Waals surface area contributed by atoms with Crippen LogP contribution in [0.3, 0.4) is 0 Å². The molecule has 0 bridgehead atoms. The van der Waals surface area contributed by atoms with Crippen molar-refractivity contribution in [3.05, 3.63) is 0 Å². The quantitative estimate of drug-likeness (QED) is 0.518. The van der Waals surface area contributed by atoms with Gasteiger partial charge in [0.05, 0.1) is 0 Å². The molecule has 5 heteroatoms. The van der Waals surface area contributed by atoms with Crippen LogP contribution in [0.1, 0.15) is 39.5 Å². The number of carbonyl (C=O) groups is 1. The van der Waals surface area contributed by atoms with Gasteiger partial charge in [0.1, 0.15) is 0 Å². The molecule has 0 atom stereocenters. The fourth-order valence-electron chi connectivity index (χ4n) is 0.983. The molecule has 0 aliphatic heterocycles. The normalized spacial score (nSPS) is 10.4. The van der Waals surface area contributed by atoms with E-state index in [-0.39, 0.29) is 0 Å². The van der Waals surface area contributed by atoms with Crippen molar-refractivity contribution in [1.82, 2.24) is 9.62 Å². The van der Waals surface area contributed by atoms with Crippen molar-refractivity contribution in [3.63, 3.8) is 0 Å². The van der Waals surface area contributed by atoms with Crippen LogP contribution < -0.4 is 5.32 Å². The molecule has 0 aromatic heterocycles. The summed E-state index contributed by atoms with van der Waals surface area (Å²) in [5.41, 5.74) is 0. The molecule has 0 unspecified atom stereocenters. The third-order valence-corrected chi connectivity index (χ3v) is 2.75. The lowest BCUT2D eigenvalue weighted by Crippen LogP contribution is -2.23. The van der Waals surface area contributed by atoms with E-state index in [0.717, 1.165) is 51.0 Å². The van der Waals surface area contributed by atoms with E-state index in [1.54, 1.807) is 7.05 Å². The second-order valence-corrected chi connectivity index (χ2v) is 4.16. The SMILES string of the molecule is CCCCN(CCCC)SOC(=O)NC. The highest BCUT2D eigenvalue weighted by Crippen LogP contribution is 2.13. The van der Waals surface area contributed by atoms with Crippen molar-refractivity contribution in [1.29, 1.82) is 0 Å². The van der Waals surface area contributed by atoms with Crippen LogP contribution >= 0.6 is 12.2 Å². The molecule has 0 spiro atoms. The molecule has 0 aromatic carbocycles. The first-order chi connectivity index (χ1) is 7.24. The predicted octanol–water partition coefficient (Wildman–Crippen LogP) is 2.81. The molecule has 0 aliphatic carbocycles. The fourth-order valence-corrected chi connectivity index (χ4v) is 1.65. The zero-order valence-electron chi connectivity index (χ0n) is 9.91. The summed E-state index contributed by atoms with van der Waals surface area (Å²) in [6.07, 6.45) is 4.19. The number of nitrogens with zero attached hydrogens (tertiary/aromatic N) is 1. The first-order valence-corrected chi connectivity index (χ1v) is 6.25. The monoisotopic (exact) mass is 234 g/mol. The minimum Gasteiger partial charge on any atom is -0.358 e. The second-order valence-electron chi connectivity index (χ2n) is 3.33. The summed E-state index contributed by atoms with van der Waals surface area (Å²) in [7, 11) is 1.56. The molecule has 0 saturated carbocycles. The Kier molecular flexibility index (Phi) is 9.83. The van der Waals surface area contributed by atoms with E-state index in [2.05, 4.69) is 23.5 Å². The molecular weight excluding hydrogens is 212 g/mol. The van der Waals surface area contributed by atoms with Gasteiger partial charge < -0.3 is 9.50 Å². The van der Waals surface area contributed by atoms with Crippen molar-refractivity contribution >= 4 is 18.3 Å². The fraction of sp³-hybridized carbons (Fsp3) is 0.900. The average Bonchev–Trinajstić information content (AvgIpc) is 2.27. The van der Waals surface area contributed by atoms with Crippen LogP contribution in [0.5, 0.6) is 0 Å². The maximum atomic E-state index is 10.9. The van der Waals surface area contributed by atoms with Gasteiger partial charge in [-0.1, -0.05) is 26.7 Å². The lowest BCUT2D eigenvalue weighted by atomic mass is 10.3. The van der Waals surface area contributed by atoms with Crippen molar-refractivity contribution in [2.24, 2.45) is 0 Å². The van der Waals surface area contributed by atoms with E-state index < -0.39 is 6.09 Å². The third kappa shape index (κ3) is 8.57. The molecule has 1 amide bonds. The minimum atomic E-state index is -0.391. The zero-order chi connectivity index (χ0) is 11.5. The molecule has 0 saturated heterocycles. The molecule has 0 rings (SSSR count). The van der Waals surface area contributed by atoms with Crippen LogP contribution in [0.25, 0.3) is 0 Å². The van der Waals surface area contributed by atoms with Gasteiger partial charge in [-0.05, 0) is 12.8 Å². The summed E-state index contributed by atoms with van der Waals surface area (Å²) in [5, 5.41) is 2.42. The Bertz CT molecular complexity index is 160. The van der Waals surface area contributed by atoms with E-state index >= 15 is 0 Å². The third-order valence-electron chi connectivity index (χ3n) is 1.94. The van der Waals surface area contributed by atoms with Crippen LogP contribution in [0.2, 0.25) is 0 Å². The molecule has 0 aromatic rings. The Morgan fingerprint density at radius 1 is 1.27 bits per heavy atom. The first-order valence-electron chi connectivity index (χ1n) is 5.55. The van der Waals surface area contributed by atoms with Crippen LogP contribution in [0.4, 0.5) is 4.79 Å². The number of nitrogens with one attached hydrogen (secondary N) is 1. The van der Waals surface area contributed by atoms with Crippen LogP contribution in [0, 0.1) is 0 Å². The van der Waals surface area contributed by atoms with Crippen LogP contribution in [-0.4, -0.2) is 30.5 Å². The van der Waals surface area contributed by atoms with Gasteiger partial charge in [-0.2, -0.15) is 0 Å². The number of rotatable bonds is 8. The Labute approximate surface area is 97.1 Å². The maximum absolute atomic E-state index is 10.9. The summed E-state index contributed by atoms with van der Waals surface area (Å²) in [5.74, 6) is 0. The van der Waals surface area contributed by atoms with Gasteiger partial charge in [-0.15, -0.1) is 0 Å². The van der Waals surface area contributed by atoms with Crippen molar-refractivity contribution < 1.29 is 8.98 Å². The average molecular weight is 234 g/mol. The molecule has 4 nitrogen and oxygen atoms in total. The highest BCUT2D eigenvalue weighted by Gasteiger charge is 2.08. The molecular formula is C10H22N2O2S. The van der Waals surface area contributed by atoms with Gasteiger partial charge in [-0.3, -0.25) is 0 Å². The maximum Gasteiger partial charge on any atom is 0.420 e. The predicted molar refractivity (Wildman–Crippen MR) is 64.5 cm³/mol. The van der Waals surface area contributed by atoms with Gasteiger partial charge in [0.15, 0.2) is 12.2 Å². The van der Waals surface area contributed by atoms with Gasteiger partial charge in [0.25, 0.3) is 0 Å². The number of amides is 1. The molecule has 0 radical (unpaired) electrons. The summed E-state index contributed by atoms with van der Waals surface area (Å²) >= 11 is 1.16. The van der Waals surface area contributed by atoms with Crippen molar-refractivity contribution in [3.8, 4) is 0 Å². The Morgan fingerprint density at radius 3 is 2.20 bits per heavy atom. The minimum absolute atomic E-state index is 0.391. The summed E-state index contributed by atoms with van der Waals surface area (Å²) in [6.45, 7) is 6.25. The Hall–Kier alpha value is -0.420. The largest absolute Gasteiger partial charge is 0.420 e. The van der Waals surface area contributed by atoms with E-state index in [0.29, 0.717) is 0 Å². The van der Waals surface area contributed by atoms with E-state index in [1.165, 1.54) is 0 Å². The second kappa shape index (κ2) is 10.1. The lowest BCUT2D eigenvalue weighted by molar-refractivity contribution is 0.208. The van der Waals surface area contributed by atoms with Crippen LogP contribution in [0.15, 0.2) is 0 Å². The number of hydrogen-bond acceptors (Lipinski definition) is 4. The summed E-state index contributed by atoms with van der Waals surface area (Å²) < 4.78 is 7.04. The van der Waals surface area contributed by atoms with Gasteiger partial charge in [0, 0.05) is 20.1 Å². The van der Waals surface area contributed by atoms with E-state index in [4.69, 9.17) is 4.18 Å². The topological polar surface area (TPSA) is 41.6 Å².